The largest absolute Gasteiger partial charge is 0.494 e. The quantitative estimate of drug-likeness (QED) is 0.426. The van der Waals surface area contributed by atoms with E-state index in [1.807, 2.05) is 36.4 Å². The molecule has 0 bridgehead atoms. The Morgan fingerprint density at radius 3 is 2.54 bits per heavy atom. The van der Waals surface area contributed by atoms with Crippen LogP contribution in [-0.2, 0) is 19.6 Å². The Hall–Kier alpha value is -4.71. The molecule has 0 fully saturated rings. The molecule has 4 aromatic rings. The number of nitrogens with one attached hydrogen (secondary N) is 1. The maximum absolute atomic E-state index is 14.5. The molecule has 0 radical (unpaired) electrons. The molecule has 0 unspecified atom stereocenters. The van der Waals surface area contributed by atoms with Crippen LogP contribution in [0.25, 0.3) is 0 Å². The van der Waals surface area contributed by atoms with E-state index >= 15 is 0 Å². The van der Waals surface area contributed by atoms with Crippen LogP contribution in [0.3, 0.4) is 0 Å². The summed E-state index contributed by atoms with van der Waals surface area (Å²) in [6.07, 6.45) is 4.77. The SMILES string of the molecule is COc1ccc(C#N)c(CNC(=O)c2cnn(Cc3ccc(Cn4ccccc4=O)cc3)c2)c1F. The Balaban J connectivity index is 1.38. The zero-order valence-electron chi connectivity index (χ0n) is 18.9. The number of nitriles is 1. The molecule has 2 aromatic heterocycles. The van der Waals surface area contributed by atoms with E-state index in [1.165, 1.54) is 31.5 Å². The number of carbonyl (C=O) groups is 1. The van der Waals surface area contributed by atoms with Gasteiger partial charge in [0.05, 0.1) is 43.6 Å². The molecule has 0 saturated carbocycles. The molecule has 2 heterocycles. The highest BCUT2D eigenvalue weighted by atomic mass is 19.1. The number of halogens is 1. The second-order valence-electron chi connectivity index (χ2n) is 7.81. The first-order valence-corrected chi connectivity index (χ1v) is 10.8. The number of pyridine rings is 1. The summed E-state index contributed by atoms with van der Waals surface area (Å²) in [7, 11) is 1.33. The summed E-state index contributed by atoms with van der Waals surface area (Å²) in [5.74, 6) is -1.11. The van der Waals surface area contributed by atoms with Crippen molar-refractivity contribution in [2.75, 3.05) is 7.11 Å². The first kappa shape index (κ1) is 23.4. The predicted octanol–water partition coefficient (Wildman–Crippen LogP) is 3.09. The number of hydrogen-bond donors (Lipinski definition) is 1. The molecule has 0 atom stereocenters. The number of nitrogens with zero attached hydrogens (tertiary/aromatic N) is 4. The first-order chi connectivity index (χ1) is 17.0. The summed E-state index contributed by atoms with van der Waals surface area (Å²) in [5, 5.41) is 16.1. The highest BCUT2D eigenvalue weighted by molar-refractivity contribution is 5.93. The van der Waals surface area contributed by atoms with Gasteiger partial charge >= 0.3 is 0 Å². The summed E-state index contributed by atoms with van der Waals surface area (Å²) in [6, 6.07) is 17.6. The van der Waals surface area contributed by atoms with Gasteiger partial charge in [-0.3, -0.25) is 14.3 Å². The van der Waals surface area contributed by atoms with E-state index in [0.717, 1.165) is 11.1 Å². The van der Waals surface area contributed by atoms with Crippen LogP contribution < -0.4 is 15.6 Å². The van der Waals surface area contributed by atoms with Gasteiger partial charge in [-0.2, -0.15) is 10.4 Å². The maximum Gasteiger partial charge on any atom is 0.254 e. The lowest BCUT2D eigenvalue weighted by atomic mass is 10.1. The lowest BCUT2D eigenvalue weighted by Crippen LogP contribution is -2.23. The lowest BCUT2D eigenvalue weighted by molar-refractivity contribution is 0.0950. The Kier molecular flexibility index (Phi) is 7.02. The molecule has 4 rings (SSSR count). The van der Waals surface area contributed by atoms with Gasteiger partial charge in [0, 0.05) is 30.6 Å². The van der Waals surface area contributed by atoms with Gasteiger partial charge in [-0.25, -0.2) is 4.39 Å². The van der Waals surface area contributed by atoms with Crippen LogP contribution in [-0.4, -0.2) is 27.4 Å². The average molecular weight is 471 g/mol. The standard InChI is InChI=1S/C26H22FN5O3/c1-35-23-10-9-20(12-28)22(25(23)27)14-29-26(34)21-13-30-32(17-21)16-19-7-5-18(6-8-19)15-31-11-3-2-4-24(31)33/h2-11,13,17H,14-16H2,1H3,(H,29,34). The van der Waals surface area contributed by atoms with Crippen molar-refractivity contribution in [3.63, 3.8) is 0 Å². The molecule has 0 saturated heterocycles. The summed E-state index contributed by atoms with van der Waals surface area (Å²) in [5.41, 5.74) is 2.40. The predicted molar refractivity (Wildman–Crippen MR) is 126 cm³/mol. The molecule has 1 amide bonds. The summed E-state index contributed by atoms with van der Waals surface area (Å²) < 4.78 is 22.7. The smallest absolute Gasteiger partial charge is 0.254 e. The minimum atomic E-state index is -0.678. The molecule has 9 heteroatoms. The van der Waals surface area contributed by atoms with E-state index in [2.05, 4.69) is 10.4 Å². The van der Waals surface area contributed by atoms with Crippen LogP contribution in [0.2, 0.25) is 0 Å². The van der Waals surface area contributed by atoms with Crippen molar-refractivity contribution in [1.82, 2.24) is 19.7 Å². The number of benzene rings is 2. The van der Waals surface area contributed by atoms with Gasteiger partial charge in [0.25, 0.3) is 11.5 Å². The van der Waals surface area contributed by atoms with Gasteiger partial charge in [0.15, 0.2) is 11.6 Å². The molecule has 176 valence electrons. The molecule has 8 nitrogen and oxygen atoms in total. The van der Waals surface area contributed by atoms with Crippen molar-refractivity contribution in [2.45, 2.75) is 19.6 Å². The minimum absolute atomic E-state index is 0.00270. The van der Waals surface area contributed by atoms with Crippen molar-refractivity contribution in [3.8, 4) is 11.8 Å². The van der Waals surface area contributed by atoms with Gasteiger partial charge in [0.2, 0.25) is 0 Å². The fourth-order valence-corrected chi connectivity index (χ4v) is 3.60. The molecule has 35 heavy (non-hydrogen) atoms. The summed E-state index contributed by atoms with van der Waals surface area (Å²) in [4.78, 5) is 24.4. The van der Waals surface area contributed by atoms with Crippen LogP contribution in [0.15, 0.2) is 78.0 Å². The molecule has 0 aliphatic rings. The number of hydrogen-bond acceptors (Lipinski definition) is 5. The Bertz CT molecular complexity index is 1450. The highest BCUT2D eigenvalue weighted by Crippen LogP contribution is 2.23. The van der Waals surface area contributed by atoms with Gasteiger partial charge in [-0.15, -0.1) is 0 Å². The third-order valence-electron chi connectivity index (χ3n) is 5.49. The van der Waals surface area contributed by atoms with Gasteiger partial charge in [-0.05, 0) is 29.3 Å². The fraction of sp³-hybridized carbons (Fsp3) is 0.154. The number of rotatable bonds is 8. The van der Waals surface area contributed by atoms with Gasteiger partial charge in [-0.1, -0.05) is 30.3 Å². The van der Waals surface area contributed by atoms with Crippen molar-refractivity contribution in [1.29, 1.82) is 5.26 Å². The molecular weight excluding hydrogens is 449 g/mol. The van der Waals surface area contributed by atoms with Crippen LogP contribution in [0.5, 0.6) is 5.75 Å². The second kappa shape index (κ2) is 10.5. The number of amides is 1. The monoisotopic (exact) mass is 471 g/mol. The molecule has 0 spiro atoms. The lowest BCUT2D eigenvalue weighted by Gasteiger charge is -2.10. The maximum atomic E-state index is 14.5. The average Bonchev–Trinajstić information content (AvgIpc) is 3.34. The van der Waals surface area contributed by atoms with Crippen LogP contribution >= 0.6 is 0 Å². The van der Waals surface area contributed by atoms with E-state index in [1.54, 1.807) is 27.7 Å². The normalized spacial score (nSPS) is 10.5. The highest BCUT2D eigenvalue weighted by Gasteiger charge is 2.16. The van der Waals surface area contributed by atoms with E-state index in [0.29, 0.717) is 18.7 Å². The molecule has 0 aliphatic carbocycles. The fourth-order valence-electron chi connectivity index (χ4n) is 3.60. The van der Waals surface area contributed by atoms with Crippen molar-refractivity contribution < 1.29 is 13.9 Å². The Labute approximate surface area is 200 Å². The zero-order valence-corrected chi connectivity index (χ0v) is 18.9. The summed E-state index contributed by atoms with van der Waals surface area (Å²) >= 11 is 0. The van der Waals surface area contributed by atoms with Crippen molar-refractivity contribution >= 4 is 5.91 Å². The number of ether oxygens (including phenoxy) is 1. The van der Waals surface area contributed by atoms with Crippen LogP contribution in [0.1, 0.15) is 32.6 Å². The Morgan fingerprint density at radius 1 is 1.11 bits per heavy atom. The van der Waals surface area contributed by atoms with Gasteiger partial charge in [0.1, 0.15) is 0 Å². The summed E-state index contributed by atoms with van der Waals surface area (Å²) in [6.45, 7) is 0.761. The van der Waals surface area contributed by atoms with Crippen molar-refractivity contribution in [2.24, 2.45) is 0 Å². The van der Waals surface area contributed by atoms with E-state index in [9.17, 15) is 19.2 Å². The van der Waals surface area contributed by atoms with E-state index in [4.69, 9.17) is 4.74 Å². The topological polar surface area (TPSA) is 102 Å². The molecular formula is C26H22FN5O3. The number of methoxy groups -OCH3 is 1. The van der Waals surface area contributed by atoms with E-state index in [-0.39, 0.29) is 29.0 Å². The van der Waals surface area contributed by atoms with Crippen molar-refractivity contribution in [3.05, 3.63) is 117 Å². The minimum Gasteiger partial charge on any atom is -0.494 e. The molecule has 1 N–H and O–H groups in total. The van der Waals surface area contributed by atoms with Crippen LogP contribution in [0, 0.1) is 17.1 Å². The van der Waals surface area contributed by atoms with E-state index < -0.39 is 11.7 Å². The number of carbonyl (C=O) groups excluding carboxylic acids is 1. The Morgan fingerprint density at radius 2 is 1.86 bits per heavy atom. The molecule has 2 aromatic carbocycles. The second-order valence-corrected chi connectivity index (χ2v) is 7.81. The number of aromatic nitrogens is 3. The third kappa shape index (κ3) is 5.45. The van der Waals surface area contributed by atoms with Gasteiger partial charge < -0.3 is 14.6 Å². The zero-order chi connectivity index (χ0) is 24.8. The first-order valence-electron chi connectivity index (χ1n) is 10.8. The van der Waals surface area contributed by atoms with Crippen LogP contribution in [0.4, 0.5) is 4.39 Å². The third-order valence-corrected chi connectivity index (χ3v) is 5.49. The molecule has 0 aliphatic heterocycles.